The van der Waals surface area contributed by atoms with Crippen LogP contribution in [0.4, 0.5) is 0 Å². The number of H-pyrrole nitrogens is 2. The second-order valence-electron chi connectivity index (χ2n) is 6.53. The van der Waals surface area contributed by atoms with E-state index in [9.17, 15) is 4.79 Å². The molecule has 2 aromatic heterocycles. The Hall–Kier alpha value is -2.56. The van der Waals surface area contributed by atoms with Crippen molar-refractivity contribution in [1.29, 1.82) is 0 Å². The molecule has 4 rings (SSSR count). The lowest BCUT2D eigenvalue weighted by molar-refractivity contribution is 0.0946. The highest BCUT2D eigenvalue weighted by atomic mass is 16.1. The van der Waals surface area contributed by atoms with Crippen LogP contribution in [0.1, 0.15) is 53.0 Å². The van der Waals surface area contributed by atoms with E-state index in [1.807, 2.05) is 0 Å². The molecule has 0 saturated heterocycles. The van der Waals surface area contributed by atoms with E-state index in [4.69, 9.17) is 0 Å². The van der Waals surface area contributed by atoms with Crippen LogP contribution in [0.15, 0.2) is 30.5 Å². The molecule has 0 spiro atoms. The Morgan fingerprint density at radius 3 is 2.83 bits per heavy atom. The van der Waals surface area contributed by atoms with Gasteiger partial charge in [-0.2, -0.15) is 5.10 Å². The third kappa shape index (κ3) is 2.94. The summed E-state index contributed by atoms with van der Waals surface area (Å²) in [6, 6.07) is 8.12. The quantitative estimate of drug-likeness (QED) is 0.690. The number of fused-ring (bicyclic) bond motifs is 3. The lowest BCUT2D eigenvalue weighted by Crippen LogP contribution is -2.23. The van der Waals surface area contributed by atoms with Gasteiger partial charge in [-0.05, 0) is 55.0 Å². The number of hydrogen-bond donors (Lipinski definition) is 3. The predicted octanol–water partition coefficient (Wildman–Crippen LogP) is 3.48. The number of nitrogens with zero attached hydrogens (tertiary/aromatic N) is 1. The molecule has 5 heteroatoms. The molecule has 1 aliphatic rings. The summed E-state index contributed by atoms with van der Waals surface area (Å²) in [7, 11) is 0. The van der Waals surface area contributed by atoms with Crippen molar-refractivity contribution in [2.75, 3.05) is 0 Å². The number of nitrogens with one attached hydrogen (secondary N) is 3. The third-order valence-electron chi connectivity index (χ3n) is 4.86. The van der Waals surface area contributed by atoms with E-state index in [0.717, 1.165) is 18.4 Å². The number of benzene rings is 1. The van der Waals surface area contributed by atoms with Crippen molar-refractivity contribution in [2.24, 2.45) is 0 Å². The fraction of sp³-hybridized carbons (Fsp3) is 0.368. The van der Waals surface area contributed by atoms with Crippen molar-refractivity contribution < 1.29 is 4.79 Å². The van der Waals surface area contributed by atoms with Crippen molar-refractivity contribution in [3.8, 4) is 0 Å². The van der Waals surface area contributed by atoms with Gasteiger partial charge >= 0.3 is 0 Å². The fourth-order valence-corrected chi connectivity index (χ4v) is 3.58. The summed E-state index contributed by atoms with van der Waals surface area (Å²) < 4.78 is 0. The van der Waals surface area contributed by atoms with Gasteiger partial charge in [0.15, 0.2) is 0 Å². The largest absolute Gasteiger partial charge is 0.358 e. The Labute approximate surface area is 140 Å². The van der Waals surface area contributed by atoms with Crippen LogP contribution < -0.4 is 5.32 Å². The highest BCUT2D eigenvalue weighted by Gasteiger charge is 2.14. The molecule has 0 saturated carbocycles. The lowest BCUT2D eigenvalue weighted by atomic mass is 9.96. The minimum absolute atomic E-state index is 0.128. The van der Waals surface area contributed by atoms with E-state index in [0.29, 0.717) is 12.2 Å². The number of carbonyl (C=O) groups excluding carboxylic acids is 1. The van der Waals surface area contributed by atoms with Crippen LogP contribution >= 0.6 is 0 Å². The van der Waals surface area contributed by atoms with Crippen LogP contribution in [0.5, 0.6) is 0 Å². The Morgan fingerprint density at radius 2 is 2.00 bits per heavy atom. The van der Waals surface area contributed by atoms with Crippen LogP contribution in [0, 0.1) is 0 Å². The zero-order chi connectivity index (χ0) is 16.4. The second-order valence-corrected chi connectivity index (χ2v) is 6.53. The molecule has 124 valence electrons. The van der Waals surface area contributed by atoms with Crippen molar-refractivity contribution in [3.63, 3.8) is 0 Å². The maximum atomic E-state index is 12.0. The summed E-state index contributed by atoms with van der Waals surface area (Å²) in [6.45, 7) is 0.522. The van der Waals surface area contributed by atoms with E-state index in [-0.39, 0.29) is 5.91 Å². The molecule has 3 N–H and O–H groups in total. The Bertz CT molecular complexity index is 848. The van der Waals surface area contributed by atoms with Crippen LogP contribution in [-0.4, -0.2) is 21.1 Å². The average molecular weight is 322 g/mol. The first kappa shape index (κ1) is 15.0. The fourth-order valence-electron chi connectivity index (χ4n) is 3.58. The zero-order valence-corrected chi connectivity index (χ0v) is 13.7. The number of hydrogen-bond acceptors (Lipinski definition) is 2. The number of rotatable bonds is 3. The van der Waals surface area contributed by atoms with Gasteiger partial charge < -0.3 is 10.3 Å². The molecule has 24 heavy (non-hydrogen) atoms. The number of amides is 1. The molecule has 1 aromatic carbocycles. The molecule has 2 heterocycles. The monoisotopic (exact) mass is 322 g/mol. The topological polar surface area (TPSA) is 73.6 Å². The molecule has 5 nitrogen and oxygen atoms in total. The summed E-state index contributed by atoms with van der Waals surface area (Å²) >= 11 is 0. The van der Waals surface area contributed by atoms with E-state index in [2.05, 4.69) is 38.7 Å². The van der Waals surface area contributed by atoms with E-state index < -0.39 is 0 Å². The van der Waals surface area contributed by atoms with Crippen molar-refractivity contribution in [3.05, 3.63) is 53.0 Å². The first-order valence-corrected chi connectivity index (χ1v) is 8.71. The van der Waals surface area contributed by atoms with Gasteiger partial charge in [-0.15, -0.1) is 0 Å². The molecular formula is C19H22N4O. The molecule has 0 bridgehead atoms. The minimum atomic E-state index is -0.128. The smallest absolute Gasteiger partial charge is 0.269 e. The van der Waals surface area contributed by atoms with Crippen LogP contribution in [-0.2, 0) is 19.4 Å². The molecule has 1 amide bonds. The Morgan fingerprint density at radius 1 is 1.12 bits per heavy atom. The molecule has 0 unspecified atom stereocenters. The van der Waals surface area contributed by atoms with Crippen molar-refractivity contribution >= 4 is 16.8 Å². The molecule has 3 aromatic rings. The Balaban J connectivity index is 1.56. The standard InChI is InChI=1S/C19H22N4O/c24-19(18-9-10-21-23-18)20-12-13-7-8-17-15(11-13)14-5-3-1-2-4-6-16(14)22-17/h7-11,22H,1-6,12H2,(H,20,24)(H,21,23). The van der Waals surface area contributed by atoms with Gasteiger partial charge in [0.25, 0.3) is 5.91 Å². The minimum Gasteiger partial charge on any atom is -0.358 e. The summed E-state index contributed by atoms with van der Waals surface area (Å²) in [5.41, 5.74) is 5.71. The van der Waals surface area contributed by atoms with Gasteiger partial charge in [0, 0.05) is 29.3 Å². The number of aromatic amines is 2. The highest BCUT2D eigenvalue weighted by Crippen LogP contribution is 2.28. The molecule has 0 radical (unpaired) electrons. The predicted molar refractivity (Wildman–Crippen MR) is 93.9 cm³/mol. The highest BCUT2D eigenvalue weighted by molar-refractivity contribution is 5.92. The molecule has 0 atom stereocenters. The number of aryl methyl sites for hydroxylation is 2. The third-order valence-corrected chi connectivity index (χ3v) is 4.86. The number of carbonyl (C=O) groups is 1. The second kappa shape index (κ2) is 6.51. The molecular weight excluding hydrogens is 300 g/mol. The van der Waals surface area contributed by atoms with Crippen LogP contribution in [0.2, 0.25) is 0 Å². The number of aromatic nitrogens is 3. The average Bonchev–Trinajstić information content (AvgIpc) is 3.20. The van der Waals surface area contributed by atoms with Gasteiger partial charge in [-0.3, -0.25) is 9.89 Å². The van der Waals surface area contributed by atoms with Gasteiger partial charge in [-0.25, -0.2) is 0 Å². The van der Waals surface area contributed by atoms with Gasteiger partial charge in [0.2, 0.25) is 0 Å². The van der Waals surface area contributed by atoms with Crippen molar-refractivity contribution in [2.45, 2.75) is 45.1 Å². The van der Waals surface area contributed by atoms with Gasteiger partial charge in [0.05, 0.1) is 0 Å². The lowest BCUT2D eigenvalue weighted by Gasteiger charge is -2.10. The van der Waals surface area contributed by atoms with E-state index in [1.165, 1.54) is 47.8 Å². The molecule has 0 fully saturated rings. The maximum Gasteiger partial charge on any atom is 0.269 e. The van der Waals surface area contributed by atoms with Crippen LogP contribution in [0.3, 0.4) is 0 Å². The zero-order valence-electron chi connectivity index (χ0n) is 13.7. The summed E-state index contributed by atoms with van der Waals surface area (Å²) in [4.78, 5) is 15.6. The SMILES string of the molecule is O=C(NCc1ccc2[nH]c3c(c2c1)CCCCCC3)c1ccn[nH]1. The Kier molecular flexibility index (Phi) is 4.07. The summed E-state index contributed by atoms with van der Waals surface area (Å²) in [5.74, 6) is -0.128. The molecule has 1 aliphatic carbocycles. The van der Waals surface area contributed by atoms with Gasteiger partial charge in [0.1, 0.15) is 5.69 Å². The van der Waals surface area contributed by atoms with Crippen LogP contribution in [0.25, 0.3) is 10.9 Å². The first-order chi connectivity index (χ1) is 11.8. The summed E-state index contributed by atoms with van der Waals surface area (Å²) in [5, 5.41) is 10.8. The van der Waals surface area contributed by atoms with Crippen molar-refractivity contribution in [1.82, 2.24) is 20.5 Å². The van der Waals surface area contributed by atoms with Gasteiger partial charge in [-0.1, -0.05) is 18.9 Å². The molecule has 0 aliphatic heterocycles. The normalized spacial score (nSPS) is 14.8. The first-order valence-electron chi connectivity index (χ1n) is 8.71. The van der Waals surface area contributed by atoms with E-state index in [1.54, 1.807) is 12.3 Å². The maximum absolute atomic E-state index is 12.0. The summed E-state index contributed by atoms with van der Waals surface area (Å²) in [6.07, 6.45) is 9.08. The van der Waals surface area contributed by atoms with E-state index >= 15 is 0 Å².